The van der Waals surface area contributed by atoms with E-state index in [-0.39, 0.29) is 11.6 Å². The van der Waals surface area contributed by atoms with Crippen LogP contribution in [-0.2, 0) is 6.54 Å². The molecule has 0 N–H and O–H groups in total. The quantitative estimate of drug-likeness (QED) is 0.573. The molecular weight excluding hydrogens is 394 g/mol. The predicted octanol–water partition coefficient (Wildman–Crippen LogP) is 3.38. The second-order valence-corrected chi connectivity index (χ2v) is 8.13. The maximum Gasteiger partial charge on any atom is 0.270 e. The third-order valence-electron chi connectivity index (χ3n) is 3.97. The third-order valence-corrected chi connectivity index (χ3v) is 5.58. The lowest BCUT2D eigenvalue weighted by Gasteiger charge is -2.34. The van der Waals surface area contributed by atoms with Crippen LogP contribution in [0.25, 0.3) is 0 Å². The normalized spacial score (nSPS) is 15.5. The van der Waals surface area contributed by atoms with Crippen LogP contribution in [0.5, 0.6) is 0 Å². The monoisotopic (exact) mass is 409 g/mol. The van der Waals surface area contributed by atoms with Gasteiger partial charge in [-0.2, -0.15) is 0 Å². The van der Waals surface area contributed by atoms with E-state index in [0.717, 1.165) is 23.4 Å². The van der Waals surface area contributed by atoms with Crippen molar-refractivity contribution in [3.63, 3.8) is 0 Å². The average molecular weight is 410 g/mol. The molecule has 1 aliphatic rings. The number of nitro groups is 1. The molecule has 0 spiro atoms. The van der Waals surface area contributed by atoms with E-state index >= 15 is 0 Å². The summed E-state index contributed by atoms with van der Waals surface area (Å²) in [7, 11) is 0. The zero-order valence-corrected chi connectivity index (χ0v) is 15.3. The van der Waals surface area contributed by atoms with Gasteiger partial charge in [0.25, 0.3) is 11.6 Å². The maximum atomic E-state index is 12.5. The van der Waals surface area contributed by atoms with Crippen LogP contribution in [0.4, 0.5) is 5.69 Å². The highest BCUT2D eigenvalue weighted by molar-refractivity contribution is 9.11. The Morgan fingerprint density at radius 1 is 1.21 bits per heavy atom. The number of benzene rings is 1. The summed E-state index contributed by atoms with van der Waals surface area (Å²) in [5.41, 5.74) is 0.322. The van der Waals surface area contributed by atoms with Crippen LogP contribution in [0.1, 0.15) is 15.2 Å². The fourth-order valence-corrected chi connectivity index (χ4v) is 4.23. The molecule has 2 heterocycles. The molecule has 1 fully saturated rings. The van der Waals surface area contributed by atoms with Crippen LogP contribution in [0.3, 0.4) is 0 Å². The number of nitrogens with zero attached hydrogens (tertiary/aromatic N) is 3. The number of thiophene rings is 1. The van der Waals surface area contributed by atoms with Crippen LogP contribution in [0, 0.1) is 10.1 Å². The summed E-state index contributed by atoms with van der Waals surface area (Å²) in [6, 6.07) is 10.1. The van der Waals surface area contributed by atoms with E-state index in [0.29, 0.717) is 18.7 Å². The number of hydrogen-bond donors (Lipinski definition) is 0. The molecule has 0 unspecified atom stereocenters. The van der Waals surface area contributed by atoms with E-state index in [1.807, 2.05) is 6.07 Å². The van der Waals surface area contributed by atoms with Crippen molar-refractivity contribution < 1.29 is 9.72 Å². The van der Waals surface area contributed by atoms with Crippen molar-refractivity contribution in [2.75, 3.05) is 26.2 Å². The van der Waals surface area contributed by atoms with E-state index in [1.54, 1.807) is 28.4 Å². The van der Waals surface area contributed by atoms with Gasteiger partial charge in [-0.1, -0.05) is 6.07 Å². The summed E-state index contributed by atoms with van der Waals surface area (Å²) >= 11 is 5.19. The second-order valence-electron chi connectivity index (χ2n) is 5.58. The first-order chi connectivity index (χ1) is 11.5. The molecular formula is C16H16BrN3O3S. The van der Waals surface area contributed by atoms with Crippen molar-refractivity contribution in [1.82, 2.24) is 9.80 Å². The summed E-state index contributed by atoms with van der Waals surface area (Å²) in [6.45, 7) is 3.75. The molecule has 2 aromatic rings. The lowest BCUT2D eigenvalue weighted by molar-refractivity contribution is -0.384. The minimum absolute atomic E-state index is 0.0530. The number of piperazine rings is 1. The highest BCUT2D eigenvalue weighted by Gasteiger charge is 2.23. The van der Waals surface area contributed by atoms with Gasteiger partial charge in [-0.25, -0.2) is 0 Å². The van der Waals surface area contributed by atoms with Crippen molar-refractivity contribution in [2.45, 2.75) is 6.54 Å². The summed E-state index contributed by atoms with van der Waals surface area (Å²) in [5.74, 6) is -0.141. The topological polar surface area (TPSA) is 66.7 Å². The molecule has 0 saturated carbocycles. The molecule has 1 amide bonds. The van der Waals surface area contributed by atoms with Crippen LogP contribution in [0.2, 0.25) is 0 Å². The molecule has 8 heteroatoms. The standard InChI is InChI=1S/C16H16BrN3O3S/c17-15-5-4-14(24-15)11-18-6-8-19(9-7-18)16(21)12-2-1-3-13(10-12)20(22)23/h1-5,10H,6-9,11H2. The van der Waals surface area contributed by atoms with Gasteiger partial charge in [-0.15, -0.1) is 11.3 Å². The first-order valence-electron chi connectivity index (χ1n) is 7.53. The van der Waals surface area contributed by atoms with Gasteiger partial charge in [0.2, 0.25) is 0 Å². The Bertz CT molecular complexity index is 757. The molecule has 0 bridgehead atoms. The molecule has 1 aliphatic heterocycles. The van der Waals surface area contributed by atoms with Gasteiger partial charge in [0.05, 0.1) is 8.71 Å². The van der Waals surface area contributed by atoms with Crippen LogP contribution < -0.4 is 0 Å². The van der Waals surface area contributed by atoms with Gasteiger partial charge >= 0.3 is 0 Å². The second kappa shape index (κ2) is 7.42. The zero-order chi connectivity index (χ0) is 17.1. The van der Waals surface area contributed by atoms with Crippen LogP contribution >= 0.6 is 27.3 Å². The molecule has 3 rings (SSSR count). The lowest BCUT2D eigenvalue weighted by Crippen LogP contribution is -2.48. The summed E-state index contributed by atoms with van der Waals surface area (Å²) in [5, 5.41) is 10.8. The first-order valence-corrected chi connectivity index (χ1v) is 9.14. The SMILES string of the molecule is O=C(c1cccc([N+](=O)[O-])c1)N1CCN(Cc2ccc(Br)s2)CC1. The minimum atomic E-state index is -0.478. The molecule has 126 valence electrons. The molecule has 0 atom stereocenters. The number of nitro benzene ring substituents is 1. The van der Waals surface area contributed by atoms with Crippen molar-refractivity contribution in [2.24, 2.45) is 0 Å². The number of hydrogen-bond acceptors (Lipinski definition) is 5. The Balaban J connectivity index is 1.59. The molecule has 24 heavy (non-hydrogen) atoms. The fraction of sp³-hybridized carbons (Fsp3) is 0.312. The number of carbonyl (C=O) groups is 1. The van der Waals surface area contributed by atoms with Crippen LogP contribution in [-0.4, -0.2) is 46.8 Å². The van der Waals surface area contributed by atoms with Gasteiger partial charge in [0, 0.05) is 55.3 Å². The maximum absolute atomic E-state index is 12.5. The smallest absolute Gasteiger partial charge is 0.270 e. The molecule has 0 radical (unpaired) electrons. The van der Waals surface area contributed by atoms with Crippen LogP contribution in [0.15, 0.2) is 40.2 Å². The fourth-order valence-electron chi connectivity index (χ4n) is 2.70. The van der Waals surface area contributed by atoms with Crippen molar-refractivity contribution >= 4 is 38.9 Å². The Kier molecular flexibility index (Phi) is 5.27. The largest absolute Gasteiger partial charge is 0.336 e. The van der Waals surface area contributed by atoms with E-state index in [1.165, 1.54) is 17.0 Å². The van der Waals surface area contributed by atoms with Gasteiger partial charge in [-0.3, -0.25) is 19.8 Å². The van der Waals surface area contributed by atoms with Crippen molar-refractivity contribution in [3.05, 3.63) is 60.7 Å². The Labute approximate surface area is 152 Å². The number of rotatable bonds is 4. The summed E-state index contributed by atoms with van der Waals surface area (Å²) in [4.78, 5) is 28.3. The van der Waals surface area contributed by atoms with E-state index in [4.69, 9.17) is 0 Å². The minimum Gasteiger partial charge on any atom is -0.336 e. The lowest BCUT2D eigenvalue weighted by atomic mass is 10.1. The van der Waals surface area contributed by atoms with Gasteiger partial charge < -0.3 is 4.90 Å². The highest BCUT2D eigenvalue weighted by atomic mass is 79.9. The Hall–Kier alpha value is -1.77. The van der Waals surface area contributed by atoms with E-state index < -0.39 is 4.92 Å². The first kappa shape index (κ1) is 17.1. The zero-order valence-electron chi connectivity index (χ0n) is 12.9. The van der Waals surface area contributed by atoms with Crippen molar-refractivity contribution in [1.29, 1.82) is 0 Å². The van der Waals surface area contributed by atoms with E-state index in [9.17, 15) is 14.9 Å². The third kappa shape index (κ3) is 4.00. The summed E-state index contributed by atoms with van der Waals surface area (Å²) in [6.07, 6.45) is 0. The molecule has 1 saturated heterocycles. The molecule has 6 nitrogen and oxygen atoms in total. The molecule has 1 aromatic carbocycles. The van der Waals surface area contributed by atoms with Gasteiger partial charge in [0.1, 0.15) is 0 Å². The summed E-state index contributed by atoms with van der Waals surface area (Å²) < 4.78 is 1.12. The van der Waals surface area contributed by atoms with E-state index in [2.05, 4.69) is 26.9 Å². The number of amides is 1. The predicted molar refractivity (Wildman–Crippen MR) is 96.3 cm³/mol. The Morgan fingerprint density at radius 3 is 2.58 bits per heavy atom. The highest BCUT2D eigenvalue weighted by Crippen LogP contribution is 2.24. The average Bonchev–Trinajstić information content (AvgIpc) is 3.00. The van der Waals surface area contributed by atoms with Gasteiger partial charge in [0.15, 0.2) is 0 Å². The van der Waals surface area contributed by atoms with Crippen molar-refractivity contribution in [3.8, 4) is 0 Å². The number of carbonyl (C=O) groups excluding carboxylic acids is 1. The number of halogens is 1. The molecule has 1 aromatic heterocycles. The van der Waals surface area contributed by atoms with Gasteiger partial charge in [-0.05, 0) is 34.1 Å². The number of non-ortho nitro benzene ring substituents is 1. The Morgan fingerprint density at radius 2 is 1.96 bits per heavy atom. The molecule has 0 aliphatic carbocycles.